The number of hydrogen-bond acceptors (Lipinski definition) is 0. The molecule has 236 valence electrons. The Bertz CT molecular complexity index is 1550. The van der Waals surface area contributed by atoms with Crippen molar-refractivity contribution >= 4 is 72.8 Å². The van der Waals surface area contributed by atoms with Crippen molar-refractivity contribution in [2.45, 2.75) is 0 Å². The Morgan fingerprint density at radius 1 is 0.298 bits per heavy atom. The molecule has 7 rings (SSSR count). The molecule has 0 atom stereocenters. The maximum atomic E-state index is 5.75. The Kier molecular flexibility index (Phi) is 14.5. The maximum Gasteiger partial charge on any atom is -0.0134 e. The van der Waals surface area contributed by atoms with Gasteiger partial charge in [-0.15, -0.1) is 0 Å². The quantitative estimate of drug-likeness (QED) is 0.112. The van der Waals surface area contributed by atoms with Gasteiger partial charge in [-0.25, -0.2) is 0 Å². The molecule has 5 heteroatoms. The minimum absolute atomic E-state index is 0.0958. The van der Waals surface area contributed by atoms with Crippen LogP contribution < -0.4 is 35.9 Å². The van der Waals surface area contributed by atoms with E-state index in [1.54, 1.807) is 0 Å². The SMILES string of the molecule is [Cl][Pd][c]1ccccc1Cl.c1ccc(P(c2ccccc2)c2ccccc2)cc1.c1ccc(P(c2ccccc2)c2ccccc2)cc1. The van der Waals surface area contributed by atoms with E-state index in [0.29, 0.717) is 0 Å². The Morgan fingerprint density at radius 2 is 0.511 bits per heavy atom. The average Bonchev–Trinajstić information content (AvgIpc) is 3.15. The Labute approximate surface area is 299 Å². The number of rotatable bonds is 7. The van der Waals surface area contributed by atoms with Crippen LogP contribution in [0.4, 0.5) is 0 Å². The summed E-state index contributed by atoms with van der Waals surface area (Å²) in [5.41, 5.74) is 0. The minimum Gasteiger partial charge on any atom is -0.0622 e. The number of halogens is 2. The Hall–Kier alpha value is -3.36. The molecule has 0 radical (unpaired) electrons. The van der Waals surface area contributed by atoms with E-state index in [-0.39, 0.29) is 17.0 Å². The van der Waals surface area contributed by atoms with Gasteiger partial charge in [-0.1, -0.05) is 182 Å². The molecule has 0 spiro atoms. The van der Waals surface area contributed by atoms with Crippen LogP contribution in [0.15, 0.2) is 206 Å². The molecule has 0 aromatic heterocycles. The maximum absolute atomic E-state index is 5.75. The van der Waals surface area contributed by atoms with Crippen LogP contribution in [-0.2, 0) is 17.0 Å². The van der Waals surface area contributed by atoms with E-state index in [9.17, 15) is 0 Å². The standard InChI is InChI=1S/2C18H15P.C6H4Cl.ClH.Pd/c2*1-4-10-16(11-5-1)19(17-12-6-2-7-13-17)18-14-8-3-9-15-18;7-6-4-2-1-3-5-6;;/h2*1-15H;1-4H;1H;/q;;;;+1/p-1. The molecule has 0 aliphatic heterocycles. The molecule has 0 saturated heterocycles. The third-order valence-electron chi connectivity index (χ3n) is 6.95. The molecule has 7 aromatic rings. The van der Waals surface area contributed by atoms with Gasteiger partial charge in [0.25, 0.3) is 0 Å². The molecule has 0 heterocycles. The van der Waals surface area contributed by atoms with E-state index in [0.717, 1.165) is 9.06 Å². The summed E-state index contributed by atoms with van der Waals surface area (Å²) in [7, 11) is 4.71. The van der Waals surface area contributed by atoms with Crippen molar-refractivity contribution in [3.8, 4) is 0 Å². The summed E-state index contributed by atoms with van der Waals surface area (Å²) in [6.45, 7) is 0. The monoisotopic (exact) mass is 776 g/mol. The largest absolute Gasteiger partial charge is 0.0622 e. The first-order chi connectivity index (χ1) is 23.2. The van der Waals surface area contributed by atoms with Gasteiger partial charge < -0.3 is 0 Å². The summed E-state index contributed by atoms with van der Waals surface area (Å²) in [5.74, 6) is 0. The fourth-order valence-electron chi connectivity index (χ4n) is 4.83. The van der Waals surface area contributed by atoms with Crippen LogP contribution in [0.25, 0.3) is 0 Å². The second-order valence-electron chi connectivity index (χ2n) is 10.1. The Morgan fingerprint density at radius 3 is 0.702 bits per heavy atom. The van der Waals surface area contributed by atoms with E-state index in [1.165, 1.54) is 31.8 Å². The van der Waals surface area contributed by atoms with Crippen LogP contribution in [0.5, 0.6) is 0 Å². The third-order valence-corrected chi connectivity index (χ3v) is 14.1. The van der Waals surface area contributed by atoms with Gasteiger partial charge in [-0.3, -0.25) is 0 Å². The molecule has 0 aliphatic carbocycles. The van der Waals surface area contributed by atoms with Crippen molar-refractivity contribution < 1.29 is 17.0 Å². The normalized spacial score (nSPS) is 10.5. The zero-order valence-corrected chi connectivity index (χ0v) is 30.5. The topological polar surface area (TPSA) is 0 Å². The predicted molar refractivity (Wildman–Crippen MR) is 207 cm³/mol. The first kappa shape index (κ1) is 35.0. The van der Waals surface area contributed by atoms with Gasteiger partial charge in [0.15, 0.2) is 0 Å². The van der Waals surface area contributed by atoms with Gasteiger partial charge in [0.1, 0.15) is 0 Å². The second-order valence-corrected chi connectivity index (χ2v) is 16.8. The van der Waals surface area contributed by atoms with Crippen molar-refractivity contribution in [3.63, 3.8) is 0 Å². The minimum atomic E-state index is -0.446. The summed E-state index contributed by atoms with van der Waals surface area (Å²) in [5, 5.41) is 9.15. The molecule has 0 bridgehead atoms. The number of benzene rings is 7. The molecule has 0 N–H and O–H groups in total. The van der Waals surface area contributed by atoms with Gasteiger partial charge in [0, 0.05) is 0 Å². The summed E-state index contributed by atoms with van der Waals surface area (Å²) < 4.78 is 1.04. The van der Waals surface area contributed by atoms with Gasteiger partial charge >= 0.3 is 71.4 Å². The molecule has 0 aliphatic rings. The summed E-state index contributed by atoms with van der Waals surface area (Å²) in [6.07, 6.45) is 0. The first-order valence-corrected chi connectivity index (χ1v) is 20.9. The fourth-order valence-corrected chi connectivity index (χ4v) is 11.1. The Balaban J connectivity index is 0.000000148. The fraction of sp³-hybridized carbons (Fsp3) is 0. The van der Waals surface area contributed by atoms with Crippen LogP contribution >= 0.6 is 37.0 Å². The molecule has 0 unspecified atom stereocenters. The summed E-state index contributed by atoms with van der Waals surface area (Å²) in [6, 6.07) is 72.3. The van der Waals surface area contributed by atoms with Crippen molar-refractivity contribution in [2.24, 2.45) is 0 Å². The third kappa shape index (κ3) is 10.6. The zero-order valence-electron chi connectivity index (χ0n) is 25.6. The van der Waals surface area contributed by atoms with E-state index >= 15 is 0 Å². The van der Waals surface area contributed by atoms with Crippen LogP contribution in [0.1, 0.15) is 0 Å². The van der Waals surface area contributed by atoms with Gasteiger partial charge in [0.2, 0.25) is 0 Å². The van der Waals surface area contributed by atoms with E-state index in [4.69, 9.17) is 21.1 Å². The van der Waals surface area contributed by atoms with Gasteiger partial charge in [0.05, 0.1) is 0 Å². The zero-order chi connectivity index (χ0) is 32.5. The molecule has 0 nitrogen and oxygen atoms in total. The predicted octanol–water partition coefficient (Wildman–Crippen LogP) is 9.09. The molecule has 47 heavy (non-hydrogen) atoms. The van der Waals surface area contributed by atoms with Crippen LogP contribution in [0.2, 0.25) is 5.02 Å². The molecule has 0 saturated carbocycles. The second kappa shape index (κ2) is 19.5. The van der Waals surface area contributed by atoms with Gasteiger partial charge in [-0.2, -0.15) is 0 Å². The molecular weight excluding hydrogens is 744 g/mol. The summed E-state index contributed by atoms with van der Waals surface area (Å²) in [4.78, 5) is 0. The summed E-state index contributed by atoms with van der Waals surface area (Å²) >= 11 is 5.85. The van der Waals surface area contributed by atoms with Crippen molar-refractivity contribution in [3.05, 3.63) is 211 Å². The first-order valence-electron chi connectivity index (χ1n) is 15.1. The van der Waals surface area contributed by atoms with E-state index in [1.807, 2.05) is 24.3 Å². The van der Waals surface area contributed by atoms with Gasteiger partial charge in [-0.05, 0) is 47.7 Å². The van der Waals surface area contributed by atoms with Crippen molar-refractivity contribution in [1.29, 1.82) is 0 Å². The van der Waals surface area contributed by atoms with Crippen LogP contribution in [-0.4, -0.2) is 0 Å². The van der Waals surface area contributed by atoms with E-state index in [2.05, 4.69) is 182 Å². The van der Waals surface area contributed by atoms with Crippen LogP contribution in [0.3, 0.4) is 0 Å². The van der Waals surface area contributed by atoms with E-state index < -0.39 is 15.8 Å². The van der Waals surface area contributed by atoms with Crippen LogP contribution in [0, 0.1) is 0 Å². The van der Waals surface area contributed by atoms with Crippen molar-refractivity contribution in [2.75, 3.05) is 0 Å². The van der Waals surface area contributed by atoms with Crippen molar-refractivity contribution in [1.82, 2.24) is 0 Å². The molecular formula is C42H34Cl2P2Pd. The number of hydrogen-bond donors (Lipinski definition) is 0. The average molecular weight is 778 g/mol. The smallest absolute Gasteiger partial charge is 0.0134 e. The molecule has 0 amide bonds. The molecule has 0 fully saturated rings. The molecule has 7 aromatic carbocycles.